The van der Waals surface area contributed by atoms with Gasteiger partial charge in [0.2, 0.25) is 5.91 Å². The van der Waals surface area contributed by atoms with Crippen molar-refractivity contribution in [3.63, 3.8) is 0 Å². The lowest BCUT2D eigenvalue weighted by molar-refractivity contribution is -0.126. The summed E-state index contributed by atoms with van der Waals surface area (Å²) in [4.78, 5) is 19.6. The number of carbonyl (C=O) groups excluding carboxylic acids is 1. The number of amides is 1. The van der Waals surface area contributed by atoms with Crippen LogP contribution in [-0.2, 0) is 11.3 Å². The highest BCUT2D eigenvalue weighted by Gasteiger charge is 2.24. The molecule has 2 aliphatic heterocycles. The van der Waals surface area contributed by atoms with Gasteiger partial charge in [-0.15, -0.1) is 0 Å². The van der Waals surface area contributed by atoms with Gasteiger partial charge in [0.05, 0.1) is 0 Å². The molecule has 0 aromatic heterocycles. The van der Waals surface area contributed by atoms with Gasteiger partial charge >= 0.3 is 0 Å². The van der Waals surface area contributed by atoms with Crippen molar-refractivity contribution < 1.29 is 9.18 Å². The predicted molar refractivity (Wildman–Crippen MR) is 106 cm³/mol. The van der Waals surface area contributed by atoms with Crippen LogP contribution in [0.1, 0.15) is 24.8 Å². The van der Waals surface area contributed by atoms with Crippen LogP contribution < -0.4 is 5.32 Å². The van der Waals surface area contributed by atoms with Crippen molar-refractivity contribution in [3.05, 3.63) is 35.6 Å². The summed E-state index contributed by atoms with van der Waals surface area (Å²) in [5.74, 6) is 0.162. The first kappa shape index (κ1) is 20.2. The Hall–Kier alpha value is -1.50. The molecule has 6 heteroatoms. The first-order valence-electron chi connectivity index (χ1n) is 10.3. The number of likely N-dealkylation sites (N-methyl/N-ethyl adjacent to an activating group) is 1. The van der Waals surface area contributed by atoms with Crippen LogP contribution in [-0.4, -0.2) is 80.0 Å². The molecule has 0 unspecified atom stereocenters. The Kier molecular flexibility index (Phi) is 7.61. The Balaban J connectivity index is 1.28. The molecule has 1 amide bonds. The standard InChI is InChI=1S/C21H33FN4O/c1-24-13-15-25(16-14-24)10-2-9-23-21(27)19-7-11-26(12-8-19)17-18-3-5-20(22)6-4-18/h3-6,19H,2,7-17H2,1H3,(H,23,27). The van der Waals surface area contributed by atoms with Crippen molar-refractivity contribution in [2.45, 2.75) is 25.8 Å². The highest BCUT2D eigenvalue weighted by atomic mass is 19.1. The van der Waals surface area contributed by atoms with E-state index in [4.69, 9.17) is 0 Å². The highest BCUT2D eigenvalue weighted by molar-refractivity contribution is 5.78. The molecule has 27 heavy (non-hydrogen) atoms. The van der Waals surface area contributed by atoms with Gasteiger partial charge in [-0.1, -0.05) is 12.1 Å². The third kappa shape index (κ3) is 6.55. The topological polar surface area (TPSA) is 38.8 Å². The summed E-state index contributed by atoms with van der Waals surface area (Å²) in [6, 6.07) is 6.71. The molecular weight excluding hydrogens is 343 g/mol. The highest BCUT2D eigenvalue weighted by Crippen LogP contribution is 2.19. The second kappa shape index (κ2) is 10.2. The summed E-state index contributed by atoms with van der Waals surface area (Å²) in [6.07, 6.45) is 2.84. The summed E-state index contributed by atoms with van der Waals surface area (Å²) < 4.78 is 13.0. The van der Waals surface area contributed by atoms with Crippen LogP contribution >= 0.6 is 0 Å². The summed E-state index contributed by atoms with van der Waals surface area (Å²) in [6.45, 7) is 9.10. The van der Waals surface area contributed by atoms with Gasteiger partial charge in [-0.3, -0.25) is 9.69 Å². The average molecular weight is 377 g/mol. The van der Waals surface area contributed by atoms with Crippen LogP contribution in [0.15, 0.2) is 24.3 Å². The molecule has 2 aliphatic rings. The second-order valence-electron chi connectivity index (χ2n) is 7.97. The molecule has 2 saturated heterocycles. The minimum absolute atomic E-state index is 0.137. The average Bonchev–Trinajstić information content (AvgIpc) is 2.69. The number of halogens is 1. The molecule has 0 aliphatic carbocycles. The van der Waals surface area contributed by atoms with E-state index in [0.29, 0.717) is 0 Å². The Morgan fingerprint density at radius 2 is 1.70 bits per heavy atom. The Bertz CT molecular complexity index is 578. The summed E-state index contributed by atoms with van der Waals surface area (Å²) in [5.41, 5.74) is 1.13. The monoisotopic (exact) mass is 376 g/mol. The lowest BCUT2D eigenvalue weighted by Crippen LogP contribution is -2.45. The van der Waals surface area contributed by atoms with Gasteiger partial charge in [-0.05, 0) is 63.6 Å². The number of piperazine rings is 1. The van der Waals surface area contributed by atoms with E-state index in [0.717, 1.165) is 83.7 Å². The summed E-state index contributed by atoms with van der Waals surface area (Å²) in [5, 5.41) is 3.14. The Labute approximate surface area is 162 Å². The minimum Gasteiger partial charge on any atom is -0.356 e. The minimum atomic E-state index is -0.193. The van der Waals surface area contributed by atoms with Gasteiger partial charge in [0.25, 0.3) is 0 Å². The molecule has 2 fully saturated rings. The zero-order chi connectivity index (χ0) is 19.1. The van der Waals surface area contributed by atoms with E-state index in [2.05, 4.69) is 27.1 Å². The first-order valence-corrected chi connectivity index (χ1v) is 10.3. The molecule has 0 atom stereocenters. The first-order chi connectivity index (χ1) is 13.1. The molecule has 0 spiro atoms. The van der Waals surface area contributed by atoms with Crippen LogP contribution in [0.25, 0.3) is 0 Å². The van der Waals surface area contributed by atoms with E-state index in [1.807, 2.05) is 12.1 Å². The molecule has 3 rings (SSSR count). The fourth-order valence-electron chi connectivity index (χ4n) is 3.93. The largest absolute Gasteiger partial charge is 0.356 e. The summed E-state index contributed by atoms with van der Waals surface area (Å²) >= 11 is 0. The van der Waals surface area contributed by atoms with Gasteiger partial charge in [-0.2, -0.15) is 0 Å². The van der Waals surface area contributed by atoms with Gasteiger partial charge < -0.3 is 15.1 Å². The predicted octanol–water partition coefficient (Wildman–Crippen LogP) is 1.79. The maximum absolute atomic E-state index is 13.0. The van der Waals surface area contributed by atoms with E-state index in [-0.39, 0.29) is 17.6 Å². The van der Waals surface area contributed by atoms with Crippen LogP contribution in [0.3, 0.4) is 0 Å². The van der Waals surface area contributed by atoms with E-state index < -0.39 is 0 Å². The lowest BCUT2D eigenvalue weighted by atomic mass is 9.95. The van der Waals surface area contributed by atoms with E-state index in [1.54, 1.807) is 0 Å². The van der Waals surface area contributed by atoms with Gasteiger partial charge in [-0.25, -0.2) is 4.39 Å². The van der Waals surface area contributed by atoms with E-state index in [1.165, 1.54) is 12.1 Å². The van der Waals surface area contributed by atoms with Crippen molar-refractivity contribution in [1.29, 1.82) is 0 Å². The second-order valence-corrected chi connectivity index (χ2v) is 7.97. The number of rotatable bonds is 7. The number of nitrogens with one attached hydrogen (secondary N) is 1. The number of nitrogens with zero attached hydrogens (tertiary/aromatic N) is 3. The smallest absolute Gasteiger partial charge is 0.223 e. The van der Waals surface area contributed by atoms with Gasteiger partial charge in [0, 0.05) is 45.2 Å². The van der Waals surface area contributed by atoms with Gasteiger partial charge in [0.15, 0.2) is 0 Å². The number of hydrogen-bond donors (Lipinski definition) is 1. The molecule has 0 radical (unpaired) electrons. The number of carbonyl (C=O) groups is 1. The Morgan fingerprint density at radius 3 is 2.37 bits per heavy atom. The van der Waals surface area contributed by atoms with Crippen LogP contribution in [0.5, 0.6) is 0 Å². The SMILES string of the molecule is CN1CCN(CCCNC(=O)C2CCN(Cc3ccc(F)cc3)CC2)CC1. The normalized spacial score (nSPS) is 20.7. The molecule has 1 aromatic carbocycles. The maximum Gasteiger partial charge on any atom is 0.223 e. The quantitative estimate of drug-likeness (QED) is 0.737. The molecule has 0 saturated carbocycles. The third-order valence-corrected chi connectivity index (χ3v) is 5.82. The van der Waals surface area contributed by atoms with Crippen molar-refractivity contribution in [3.8, 4) is 0 Å². The van der Waals surface area contributed by atoms with E-state index in [9.17, 15) is 9.18 Å². The third-order valence-electron chi connectivity index (χ3n) is 5.82. The summed E-state index contributed by atoms with van der Waals surface area (Å²) in [7, 11) is 2.17. The van der Waals surface area contributed by atoms with E-state index >= 15 is 0 Å². The van der Waals surface area contributed by atoms with Crippen molar-refractivity contribution in [2.24, 2.45) is 5.92 Å². The maximum atomic E-state index is 13.0. The number of likely N-dealkylation sites (tertiary alicyclic amines) is 1. The van der Waals surface area contributed by atoms with Crippen LogP contribution in [0, 0.1) is 11.7 Å². The van der Waals surface area contributed by atoms with Crippen LogP contribution in [0.4, 0.5) is 4.39 Å². The molecule has 5 nitrogen and oxygen atoms in total. The Morgan fingerprint density at radius 1 is 1.04 bits per heavy atom. The fraction of sp³-hybridized carbons (Fsp3) is 0.667. The van der Waals surface area contributed by atoms with Crippen molar-refractivity contribution >= 4 is 5.91 Å². The van der Waals surface area contributed by atoms with Crippen molar-refractivity contribution in [2.75, 3.05) is 59.4 Å². The lowest BCUT2D eigenvalue weighted by Gasteiger charge is -2.32. The van der Waals surface area contributed by atoms with Crippen molar-refractivity contribution in [1.82, 2.24) is 20.0 Å². The number of piperidine rings is 1. The zero-order valence-corrected chi connectivity index (χ0v) is 16.5. The molecule has 2 heterocycles. The molecule has 1 N–H and O–H groups in total. The molecule has 1 aromatic rings. The van der Waals surface area contributed by atoms with Gasteiger partial charge in [0.1, 0.15) is 5.82 Å². The fourth-order valence-corrected chi connectivity index (χ4v) is 3.93. The molecular formula is C21H33FN4O. The molecule has 150 valence electrons. The molecule has 0 bridgehead atoms. The zero-order valence-electron chi connectivity index (χ0n) is 16.5. The number of hydrogen-bond acceptors (Lipinski definition) is 4. The number of benzene rings is 1. The van der Waals surface area contributed by atoms with Crippen LogP contribution in [0.2, 0.25) is 0 Å².